The van der Waals surface area contributed by atoms with Gasteiger partial charge in [0.25, 0.3) is 0 Å². The van der Waals surface area contributed by atoms with Gasteiger partial charge in [-0.1, -0.05) is 30.3 Å². The third-order valence-corrected chi connectivity index (χ3v) is 5.53. The standard InChI is InChI=1S/C29H31N3O5/c1-21(33)37-19-18-32(2)26-13-4-22(5-14-26)8-17-28(34)24-9-11-25(12-10-24)31-29(35)30-20-23-6-15-27(36-3)16-7-23/h4-17H,18-20H2,1-3H3,(H2,30,31,35)/b17-8+. The topological polar surface area (TPSA) is 97.0 Å². The zero-order chi connectivity index (χ0) is 26.6. The van der Waals surface area contributed by atoms with E-state index in [0.717, 1.165) is 22.6 Å². The summed E-state index contributed by atoms with van der Waals surface area (Å²) >= 11 is 0. The smallest absolute Gasteiger partial charge is 0.319 e. The second kappa shape index (κ2) is 13.5. The van der Waals surface area contributed by atoms with Crippen molar-refractivity contribution in [1.29, 1.82) is 0 Å². The minimum atomic E-state index is -0.338. The second-order valence-corrected chi connectivity index (χ2v) is 8.28. The molecule has 0 saturated heterocycles. The number of hydrogen-bond donors (Lipinski definition) is 2. The van der Waals surface area contributed by atoms with Crippen LogP contribution in [0.25, 0.3) is 6.08 Å². The van der Waals surface area contributed by atoms with Crippen LogP contribution in [0.3, 0.4) is 0 Å². The van der Waals surface area contributed by atoms with Gasteiger partial charge < -0.3 is 25.0 Å². The zero-order valence-corrected chi connectivity index (χ0v) is 21.2. The first-order valence-corrected chi connectivity index (χ1v) is 11.8. The van der Waals surface area contributed by atoms with Gasteiger partial charge in [0.2, 0.25) is 0 Å². The van der Waals surface area contributed by atoms with Gasteiger partial charge in [-0.2, -0.15) is 0 Å². The number of nitrogens with zero attached hydrogens (tertiary/aromatic N) is 1. The van der Waals surface area contributed by atoms with Gasteiger partial charge in [0.15, 0.2) is 5.78 Å². The molecule has 0 unspecified atom stereocenters. The third kappa shape index (κ3) is 8.85. The molecule has 0 saturated carbocycles. The summed E-state index contributed by atoms with van der Waals surface area (Å²) in [7, 11) is 3.52. The molecule has 37 heavy (non-hydrogen) atoms. The van der Waals surface area contributed by atoms with E-state index in [-0.39, 0.29) is 17.8 Å². The average Bonchev–Trinajstić information content (AvgIpc) is 2.91. The fourth-order valence-corrected chi connectivity index (χ4v) is 3.38. The number of amides is 2. The number of carbonyl (C=O) groups is 3. The average molecular weight is 502 g/mol. The van der Waals surface area contributed by atoms with Gasteiger partial charge in [-0.05, 0) is 65.7 Å². The minimum Gasteiger partial charge on any atom is -0.497 e. The van der Waals surface area contributed by atoms with Crippen molar-refractivity contribution in [2.45, 2.75) is 13.5 Å². The van der Waals surface area contributed by atoms with Crippen LogP contribution in [0.15, 0.2) is 78.9 Å². The molecule has 8 heteroatoms. The van der Waals surface area contributed by atoms with Crippen molar-refractivity contribution in [3.05, 3.63) is 95.6 Å². The summed E-state index contributed by atoms with van der Waals surface area (Å²) in [6.45, 7) is 2.68. The van der Waals surface area contributed by atoms with Crippen molar-refractivity contribution >= 4 is 35.2 Å². The molecule has 0 aromatic heterocycles. The Kier molecular flexibility index (Phi) is 9.84. The Bertz CT molecular complexity index is 1220. The van der Waals surface area contributed by atoms with Crippen molar-refractivity contribution in [2.24, 2.45) is 0 Å². The molecule has 3 aromatic rings. The normalized spacial score (nSPS) is 10.6. The maximum Gasteiger partial charge on any atom is 0.319 e. The SMILES string of the molecule is COc1ccc(CNC(=O)Nc2ccc(C(=O)/C=C/c3ccc(N(C)CCOC(C)=O)cc3)cc2)cc1. The molecule has 3 rings (SSSR count). The Morgan fingerprint density at radius 1 is 0.919 bits per heavy atom. The number of allylic oxidation sites excluding steroid dienone is 1. The van der Waals surface area contributed by atoms with Crippen molar-refractivity contribution in [1.82, 2.24) is 5.32 Å². The lowest BCUT2D eigenvalue weighted by Gasteiger charge is -2.19. The molecule has 0 radical (unpaired) electrons. The maximum absolute atomic E-state index is 12.6. The summed E-state index contributed by atoms with van der Waals surface area (Å²) in [4.78, 5) is 37.6. The number of benzene rings is 3. The molecule has 0 spiro atoms. The molecule has 8 nitrogen and oxygen atoms in total. The van der Waals surface area contributed by atoms with Crippen molar-refractivity contribution < 1.29 is 23.9 Å². The number of ketones is 1. The van der Waals surface area contributed by atoms with Gasteiger partial charge in [-0.3, -0.25) is 9.59 Å². The van der Waals surface area contributed by atoms with E-state index in [9.17, 15) is 14.4 Å². The van der Waals surface area contributed by atoms with Crippen molar-refractivity contribution in [3.8, 4) is 5.75 Å². The molecule has 0 fully saturated rings. The van der Waals surface area contributed by atoms with Crippen LogP contribution in [0.1, 0.15) is 28.4 Å². The summed E-state index contributed by atoms with van der Waals surface area (Å²) in [6, 6.07) is 21.5. The number of nitrogens with one attached hydrogen (secondary N) is 2. The summed E-state index contributed by atoms with van der Waals surface area (Å²) in [5.74, 6) is 0.321. The Hall–Kier alpha value is -4.59. The number of carbonyl (C=O) groups excluding carboxylic acids is 3. The van der Waals surface area contributed by atoms with E-state index in [1.807, 2.05) is 60.5 Å². The number of hydrogen-bond acceptors (Lipinski definition) is 6. The number of likely N-dealkylation sites (N-methyl/N-ethyl adjacent to an activating group) is 1. The van der Waals surface area contributed by atoms with Crippen molar-refractivity contribution in [3.63, 3.8) is 0 Å². The lowest BCUT2D eigenvalue weighted by Crippen LogP contribution is -2.28. The maximum atomic E-state index is 12.6. The Balaban J connectivity index is 1.47. The Labute approximate surface area is 216 Å². The fraction of sp³-hybridized carbons (Fsp3) is 0.207. The number of esters is 1. The number of rotatable bonds is 11. The van der Waals surface area contributed by atoms with Crippen LogP contribution in [0.5, 0.6) is 5.75 Å². The van der Waals surface area contributed by atoms with Crippen molar-refractivity contribution in [2.75, 3.05) is 37.5 Å². The lowest BCUT2D eigenvalue weighted by molar-refractivity contribution is -0.140. The fourth-order valence-electron chi connectivity index (χ4n) is 3.38. The Morgan fingerprint density at radius 2 is 1.59 bits per heavy atom. The molecule has 0 aliphatic rings. The first kappa shape index (κ1) is 27.0. The first-order chi connectivity index (χ1) is 17.8. The van der Waals surface area contributed by atoms with E-state index in [0.29, 0.717) is 30.9 Å². The molecule has 0 aliphatic carbocycles. The molecule has 0 bridgehead atoms. The molecule has 0 aliphatic heterocycles. The van der Waals surface area contributed by atoms with Crippen LogP contribution >= 0.6 is 0 Å². The highest BCUT2D eigenvalue weighted by atomic mass is 16.5. The van der Waals surface area contributed by atoms with Crippen LogP contribution in [-0.2, 0) is 16.1 Å². The second-order valence-electron chi connectivity index (χ2n) is 8.28. The number of urea groups is 1. The van der Waals surface area contributed by atoms with Gasteiger partial charge >= 0.3 is 12.0 Å². The van der Waals surface area contributed by atoms with Crippen LogP contribution in [0, 0.1) is 0 Å². The summed E-state index contributed by atoms with van der Waals surface area (Å²) in [5.41, 5.74) is 3.91. The predicted octanol–water partition coefficient (Wildman–Crippen LogP) is 4.91. The number of methoxy groups -OCH3 is 1. The largest absolute Gasteiger partial charge is 0.497 e. The summed E-state index contributed by atoms with van der Waals surface area (Å²) in [5, 5.41) is 5.55. The zero-order valence-electron chi connectivity index (χ0n) is 21.2. The van der Waals surface area contributed by atoms with E-state index < -0.39 is 0 Å². The van der Waals surface area contributed by atoms with E-state index in [1.54, 1.807) is 37.5 Å². The number of ether oxygens (including phenoxy) is 2. The van der Waals surface area contributed by atoms with Gasteiger partial charge in [0.1, 0.15) is 12.4 Å². The molecule has 3 aromatic carbocycles. The van der Waals surface area contributed by atoms with Crippen LogP contribution in [0.4, 0.5) is 16.2 Å². The highest BCUT2D eigenvalue weighted by Gasteiger charge is 2.06. The van der Waals surface area contributed by atoms with E-state index >= 15 is 0 Å². The van der Waals surface area contributed by atoms with Gasteiger partial charge in [0.05, 0.1) is 13.7 Å². The number of anilines is 2. The summed E-state index contributed by atoms with van der Waals surface area (Å²) < 4.78 is 10.1. The Morgan fingerprint density at radius 3 is 2.22 bits per heavy atom. The third-order valence-electron chi connectivity index (χ3n) is 5.53. The van der Waals surface area contributed by atoms with Gasteiger partial charge in [-0.25, -0.2) is 4.79 Å². The molecule has 2 amide bonds. The summed E-state index contributed by atoms with van der Waals surface area (Å²) in [6.07, 6.45) is 3.27. The molecular weight excluding hydrogens is 470 g/mol. The molecular formula is C29H31N3O5. The van der Waals surface area contributed by atoms with E-state index in [2.05, 4.69) is 10.6 Å². The first-order valence-electron chi connectivity index (χ1n) is 11.8. The monoisotopic (exact) mass is 501 g/mol. The van der Waals surface area contributed by atoms with Crippen LogP contribution < -0.4 is 20.3 Å². The van der Waals surface area contributed by atoms with Gasteiger partial charge in [0, 0.05) is 37.5 Å². The molecule has 0 atom stereocenters. The van der Waals surface area contributed by atoms with E-state index in [4.69, 9.17) is 9.47 Å². The quantitative estimate of drug-likeness (QED) is 0.220. The van der Waals surface area contributed by atoms with Crippen LogP contribution in [0.2, 0.25) is 0 Å². The molecule has 2 N–H and O–H groups in total. The molecule has 192 valence electrons. The van der Waals surface area contributed by atoms with Crippen LogP contribution in [-0.4, -0.2) is 45.1 Å². The van der Waals surface area contributed by atoms with Gasteiger partial charge in [-0.15, -0.1) is 0 Å². The molecule has 0 heterocycles. The van der Waals surface area contributed by atoms with E-state index in [1.165, 1.54) is 13.0 Å². The highest BCUT2D eigenvalue weighted by Crippen LogP contribution is 2.16. The highest BCUT2D eigenvalue weighted by molar-refractivity contribution is 6.07. The predicted molar refractivity (Wildman–Crippen MR) is 145 cm³/mol. The lowest BCUT2D eigenvalue weighted by atomic mass is 10.1. The minimum absolute atomic E-state index is 0.141.